The number of hydrogen-bond donors (Lipinski definition) is 2. The summed E-state index contributed by atoms with van der Waals surface area (Å²) in [6, 6.07) is 11.9. The maximum atomic E-state index is 6.19. The van der Waals surface area contributed by atoms with Crippen LogP contribution in [0, 0.1) is 0 Å². The van der Waals surface area contributed by atoms with Gasteiger partial charge in [-0.25, -0.2) is 0 Å². The number of aromatic amines is 1. The molecule has 1 aliphatic heterocycles. The molecule has 5 heteroatoms. The summed E-state index contributed by atoms with van der Waals surface area (Å²) >= 11 is 6.19. The lowest BCUT2D eigenvalue weighted by molar-refractivity contribution is 0.392. The van der Waals surface area contributed by atoms with Crippen LogP contribution >= 0.6 is 11.6 Å². The van der Waals surface area contributed by atoms with Crippen molar-refractivity contribution in [1.82, 2.24) is 10.3 Å². The lowest BCUT2D eigenvalue weighted by Crippen LogP contribution is -2.30. The number of fused-ring (bicyclic) bond motifs is 3. The molecule has 1 aromatic heterocycles. The van der Waals surface area contributed by atoms with Gasteiger partial charge in [0.15, 0.2) is 0 Å². The molecule has 4 rings (SSSR count). The Morgan fingerprint density at radius 1 is 1.08 bits per heavy atom. The van der Waals surface area contributed by atoms with Crippen molar-refractivity contribution in [2.24, 2.45) is 0 Å². The highest BCUT2D eigenvalue weighted by Gasteiger charge is 2.27. The number of nitrogens with one attached hydrogen (secondary N) is 2. The maximum absolute atomic E-state index is 6.19. The standard InChI is InChI=1S/C19H19ClN2O2/c1-23-12-4-6-17(24-2)15(10-12)18-19-13(7-8-21-18)14-9-11(20)3-5-16(14)22-19/h3-6,9-10,18,21-22H,7-8H2,1-2H3. The molecule has 0 fully saturated rings. The number of halogens is 1. The third-order valence-corrected chi connectivity index (χ3v) is 4.90. The quantitative estimate of drug-likeness (QED) is 0.754. The lowest BCUT2D eigenvalue weighted by atomic mass is 9.93. The summed E-state index contributed by atoms with van der Waals surface area (Å²) in [4.78, 5) is 3.56. The zero-order chi connectivity index (χ0) is 16.7. The number of methoxy groups -OCH3 is 2. The Kier molecular flexibility index (Phi) is 3.87. The molecule has 4 nitrogen and oxygen atoms in total. The van der Waals surface area contributed by atoms with Crippen LogP contribution in [0.5, 0.6) is 11.5 Å². The van der Waals surface area contributed by atoms with Gasteiger partial charge in [-0.1, -0.05) is 11.6 Å². The van der Waals surface area contributed by atoms with E-state index in [1.165, 1.54) is 16.6 Å². The van der Waals surface area contributed by atoms with Gasteiger partial charge in [-0.05, 0) is 48.4 Å². The van der Waals surface area contributed by atoms with Crippen molar-refractivity contribution in [3.05, 3.63) is 58.2 Å². The zero-order valence-electron chi connectivity index (χ0n) is 13.7. The second kappa shape index (κ2) is 6.04. The lowest BCUT2D eigenvalue weighted by Gasteiger charge is -2.26. The summed E-state index contributed by atoms with van der Waals surface area (Å²) < 4.78 is 11.0. The predicted molar refractivity (Wildman–Crippen MR) is 96.4 cm³/mol. The third kappa shape index (κ3) is 2.43. The van der Waals surface area contributed by atoms with E-state index in [-0.39, 0.29) is 6.04 Å². The highest BCUT2D eigenvalue weighted by molar-refractivity contribution is 6.31. The summed E-state index contributed by atoms with van der Waals surface area (Å²) in [7, 11) is 3.37. The van der Waals surface area contributed by atoms with Crippen molar-refractivity contribution in [3.8, 4) is 11.5 Å². The average molecular weight is 343 g/mol. The number of aromatic nitrogens is 1. The molecular formula is C19H19ClN2O2. The summed E-state index contributed by atoms with van der Waals surface area (Å²) in [5.41, 5.74) is 4.67. The van der Waals surface area contributed by atoms with Crippen molar-refractivity contribution in [3.63, 3.8) is 0 Å². The van der Waals surface area contributed by atoms with E-state index in [0.29, 0.717) is 0 Å². The minimum Gasteiger partial charge on any atom is -0.497 e. The molecule has 0 spiro atoms. The Morgan fingerprint density at radius 2 is 1.96 bits per heavy atom. The van der Waals surface area contributed by atoms with Crippen LogP contribution in [0.25, 0.3) is 10.9 Å². The molecule has 1 unspecified atom stereocenters. The van der Waals surface area contributed by atoms with E-state index >= 15 is 0 Å². The van der Waals surface area contributed by atoms with Crippen molar-refractivity contribution in [1.29, 1.82) is 0 Å². The van der Waals surface area contributed by atoms with Crippen molar-refractivity contribution in [2.45, 2.75) is 12.5 Å². The van der Waals surface area contributed by atoms with Gasteiger partial charge in [0.25, 0.3) is 0 Å². The first-order valence-corrected chi connectivity index (χ1v) is 8.34. The van der Waals surface area contributed by atoms with Crippen LogP contribution in [0.4, 0.5) is 0 Å². The molecule has 24 heavy (non-hydrogen) atoms. The van der Waals surface area contributed by atoms with E-state index in [1.807, 2.05) is 36.4 Å². The van der Waals surface area contributed by atoms with E-state index in [0.717, 1.165) is 40.6 Å². The molecule has 2 aromatic carbocycles. The maximum Gasteiger partial charge on any atom is 0.124 e. The number of hydrogen-bond acceptors (Lipinski definition) is 3. The molecule has 2 heterocycles. The molecule has 0 amide bonds. The van der Waals surface area contributed by atoms with Crippen molar-refractivity contribution in [2.75, 3.05) is 20.8 Å². The fourth-order valence-electron chi connectivity index (χ4n) is 3.53. The van der Waals surface area contributed by atoms with Crippen LogP contribution in [-0.4, -0.2) is 25.7 Å². The fraction of sp³-hybridized carbons (Fsp3) is 0.263. The van der Waals surface area contributed by atoms with Gasteiger partial charge >= 0.3 is 0 Å². The van der Waals surface area contributed by atoms with Gasteiger partial charge in [0.1, 0.15) is 11.5 Å². The van der Waals surface area contributed by atoms with Crippen LogP contribution in [0.3, 0.4) is 0 Å². The molecule has 1 aliphatic rings. The zero-order valence-corrected chi connectivity index (χ0v) is 14.4. The topological polar surface area (TPSA) is 46.3 Å². The minimum atomic E-state index is 0.0324. The Hall–Kier alpha value is -2.17. The molecule has 1 atom stereocenters. The summed E-state index contributed by atoms with van der Waals surface area (Å²) in [5.74, 6) is 1.66. The summed E-state index contributed by atoms with van der Waals surface area (Å²) in [6.45, 7) is 0.900. The van der Waals surface area contributed by atoms with Gasteiger partial charge in [0.2, 0.25) is 0 Å². The molecule has 0 aliphatic carbocycles. The predicted octanol–water partition coefficient (Wildman–Crippen LogP) is 4.07. The van der Waals surface area contributed by atoms with Crippen LogP contribution in [0.15, 0.2) is 36.4 Å². The van der Waals surface area contributed by atoms with Crippen LogP contribution < -0.4 is 14.8 Å². The second-order valence-corrected chi connectivity index (χ2v) is 6.39. The van der Waals surface area contributed by atoms with E-state index < -0.39 is 0 Å². The fourth-order valence-corrected chi connectivity index (χ4v) is 3.70. The summed E-state index contributed by atoms with van der Waals surface area (Å²) in [6.07, 6.45) is 0.971. The third-order valence-electron chi connectivity index (χ3n) is 4.66. The molecule has 0 saturated carbocycles. The first kappa shape index (κ1) is 15.4. The number of H-pyrrole nitrogens is 1. The monoisotopic (exact) mass is 342 g/mol. The largest absolute Gasteiger partial charge is 0.497 e. The second-order valence-electron chi connectivity index (χ2n) is 5.95. The Balaban J connectivity index is 1.89. The van der Waals surface area contributed by atoms with Crippen LogP contribution in [0.2, 0.25) is 5.02 Å². The molecule has 2 N–H and O–H groups in total. The van der Waals surface area contributed by atoms with Crippen molar-refractivity contribution < 1.29 is 9.47 Å². The van der Waals surface area contributed by atoms with Crippen LogP contribution in [-0.2, 0) is 6.42 Å². The smallest absolute Gasteiger partial charge is 0.124 e. The molecule has 0 bridgehead atoms. The minimum absolute atomic E-state index is 0.0324. The SMILES string of the molecule is COc1ccc(OC)c(C2NCCc3c2[nH]c2ccc(Cl)cc32)c1. The highest BCUT2D eigenvalue weighted by atomic mass is 35.5. The first-order chi connectivity index (χ1) is 11.7. The molecule has 124 valence electrons. The van der Waals surface area contributed by atoms with E-state index in [2.05, 4.69) is 10.3 Å². The van der Waals surface area contributed by atoms with Gasteiger partial charge < -0.3 is 19.8 Å². The van der Waals surface area contributed by atoms with E-state index in [9.17, 15) is 0 Å². The van der Waals surface area contributed by atoms with Gasteiger partial charge in [-0.15, -0.1) is 0 Å². The highest BCUT2D eigenvalue weighted by Crippen LogP contribution is 2.38. The number of ether oxygens (including phenoxy) is 2. The molecular weight excluding hydrogens is 324 g/mol. The number of benzene rings is 2. The van der Waals surface area contributed by atoms with Gasteiger partial charge in [-0.2, -0.15) is 0 Å². The average Bonchev–Trinajstić information content (AvgIpc) is 2.99. The molecule has 0 radical (unpaired) electrons. The normalized spacial score (nSPS) is 16.9. The molecule has 3 aromatic rings. The van der Waals surface area contributed by atoms with Gasteiger partial charge in [0.05, 0.1) is 20.3 Å². The van der Waals surface area contributed by atoms with Crippen LogP contribution in [0.1, 0.15) is 22.9 Å². The van der Waals surface area contributed by atoms with Gasteiger partial charge in [-0.3, -0.25) is 0 Å². The Morgan fingerprint density at radius 3 is 2.75 bits per heavy atom. The van der Waals surface area contributed by atoms with E-state index in [4.69, 9.17) is 21.1 Å². The van der Waals surface area contributed by atoms with Gasteiger partial charge in [0, 0.05) is 33.7 Å². The Labute approximate surface area is 145 Å². The number of rotatable bonds is 3. The first-order valence-electron chi connectivity index (χ1n) is 7.96. The Bertz CT molecular complexity index is 904. The summed E-state index contributed by atoms with van der Waals surface area (Å²) in [5, 5.41) is 5.56. The van der Waals surface area contributed by atoms with Crippen molar-refractivity contribution >= 4 is 22.5 Å². The van der Waals surface area contributed by atoms with E-state index in [1.54, 1.807) is 14.2 Å². The molecule has 0 saturated heterocycles.